The van der Waals surface area contributed by atoms with Gasteiger partial charge in [0.25, 0.3) is 0 Å². The molecule has 0 unspecified atom stereocenters. The van der Waals surface area contributed by atoms with E-state index in [4.69, 9.17) is 16.3 Å². The molecule has 0 saturated heterocycles. The zero-order valence-electron chi connectivity index (χ0n) is 11.0. The molecule has 2 rings (SSSR count). The largest absolute Gasteiger partial charge is 0.496 e. The third kappa shape index (κ3) is 2.24. The number of hydrogen-bond acceptors (Lipinski definition) is 3. The summed E-state index contributed by atoms with van der Waals surface area (Å²) in [6.45, 7) is 1.36. The highest BCUT2D eigenvalue weighted by Gasteiger charge is 2.36. The first-order valence-electron chi connectivity index (χ1n) is 5.73. The number of rotatable bonds is 2. The summed E-state index contributed by atoms with van der Waals surface area (Å²) in [5.74, 6) is 0.415. The molecule has 1 aromatic heterocycles. The van der Waals surface area contributed by atoms with Crippen LogP contribution in [0.5, 0.6) is 5.75 Å². The molecule has 0 bridgehead atoms. The first-order valence-corrected chi connectivity index (χ1v) is 6.10. The highest BCUT2D eigenvalue weighted by atomic mass is 35.5. The van der Waals surface area contributed by atoms with E-state index in [1.807, 2.05) is 0 Å². The van der Waals surface area contributed by atoms with Gasteiger partial charge in [0.05, 0.1) is 28.7 Å². The average molecular weight is 305 g/mol. The fourth-order valence-electron chi connectivity index (χ4n) is 2.16. The topological polar surface area (TPSA) is 34.2 Å². The Balaban J connectivity index is 2.99. The Morgan fingerprint density at radius 2 is 1.95 bits per heavy atom. The zero-order valence-corrected chi connectivity index (χ0v) is 11.8. The maximum absolute atomic E-state index is 13.0. The zero-order chi connectivity index (χ0) is 15.1. The number of ether oxygens (including phenoxy) is 1. The molecule has 3 nitrogen and oxygen atoms in total. The van der Waals surface area contributed by atoms with Gasteiger partial charge in [0.15, 0.2) is 0 Å². The van der Waals surface area contributed by atoms with Gasteiger partial charge in [-0.1, -0.05) is 11.6 Å². The maximum atomic E-state index is 13.0. The van der Waals surface area contributed by atoms with E-state index in [9.17, 15) is 13.2 Å². The summed E-state index contributed by atoms with van der Waals surface area (Å²) in [6, 6.07) is 3.06. The molecule has 108 valence electrons. The normalized spacial score (nSPS) is 11.8. The number of pyridine rings is 1. The van der Waals surface area contributed by atoms with Crippen molar-refractivity contribution in [2.45, 2.75) is 13.1 Å². The number of halogens is 4. The minimum Gasteiger partial charge on any atom is -0.496 e. The number of hydrogen-bond donors (Lipinski definition) is 1. The van der Waals surface area contributed by atoms with Crippen molar-refractivity contribution in [3.8, 4) is 5.75 Å². The van der Waals surface area contributed by atoms with Gasteiger partial charge in [-0.2, -0.15) is 13.2 Å². The van der Waals surface area contributed by atoms with Crippen LogP contribution in [0.3, 0.4) is 0 Å². The highest BCUT2D eigenvalue weighted by Crippen LogP contribution is 2.42. The summed E-state index contributed by atoms with van der Waals surface area (Å²) >= 11 is 5.98. The van der Waals surface area contributed by atoms with Gasteiger partial charge in [0, 0.05) is 12.6 Å². The summed E-state index contributed by atoms with van der Waals surface area (Å²) in [7, 11) is 2.98. The molecule has 0 aliphatic carbocycles. The molecule has 0 amide bonds. The van der Waals surface area contributed by atoms with Gasteiger partial charge in [-0.3, -0.25) is 0 Å². The van der Waals surface area contributed by atoms with Crippen molar-refractivity contribution in [2.24, 2.45) is 0 Å². The molecule has 0 radical (unpaired) electrons. The number of nitrogens with zero attached hydrogens (tertiary/aromatic N) is 1. The smallest absolute Gasteiger partial charge is 0.433 e. The Labute approximate surface area is 118 Å². The number of anilines is 1. The molecule has 2 aromatic rings. The second-order valence-corrected chi connectivity index (χ2v) is 4.59. The number of aromatic nitrogens is 1. The van der Waals surface area contributed by atoms with Crippen LogP contribution in [0.2, 0.25) is 5.02 Å². The minimum absolute atomic E-state index is 0.00747. The van der Waals surface area contributed by atoms with E-state index in [-0.39, 0.29) is 16.1 Å². The third-order valence-electron chi connectivity index (χ3n) is 3.03. The lowest BCUT2D eigenvalue weighted by Gasteiger charge is -2.18. The molecule has 20 heavy (non-hydrogen) atoms. The van der Waals surface area contributed by atoms with Crippen LogP contribution in [-0.4, -0.2) is 19.1 Å². The Hall–Kier alpha value is -1.69. The Bertz CT molecular complexity index is 671. The van der Waals surface area contributed by atoms with Crippen LogP contribution in [0.4, 0.5) is 18.9 Å². The first kappa shape index (κ1) is 14.7. The van der Waals surface area contributed by atoms with Gasteiger partial charge in [-0.15, -0.1) is 0 Å². The van der Waals surface area contributed by atoms with Crippen LogP contribution in [0.15, 0.2) is 12.1 Å². The molecular weight excluding hydrogens is 293 g/mol. The van der Waals surface area contributed by atoms with E-state index in [0.29, 0.717) is 16.8 Å². The van der Waals surface area contributed by atoms with E-state index < -0.39 is 11.9 Å². The molecule has 7 heteroatoms. The number of alkyl halides is 3. The summed E-state index contributed by atoms with van der Waals surface area (Å²) in [5, 5.41) is 3.35. The van der Waals surface area contributed by atoms with Crippen LogP contribution in [0.1, 0.15) is 11.3 Å². The van der Waals surface area contributed by atoms with E-state index >= 15 is 0 Å². The SMILES string of the molecule is CNc1c(C)c(C(F)(F)F)nc2c(Cl)ccc(OC)c12. The fourth-order valence-corrected chi connectivity index (χ4v) is 2.36. The van der Waals surface area contributed by atoms with Crippen molar-refractivity contribution in [2.75, 3.05) is 19.5 Å². The lowest BCUT2D eigenvalue weighted by Crippen LogP contribution is -2.13. The maximum Gasteiger partial charge on any atom is 0.433 e. The molecule has 1 N–H and O–H groups in total. The molecule has 0 saturated carbocycles. The second-order valence-electron chi connectivity index (χ2n) is 4.18. The van der Waals surface area contributed by atoms with Crippen molar-refractivity contribution >= 4 is 28.2 Å². The van der Waals surface area contributed by atoms with Gasteiger partial charge in [-0.25, -0.2) is 4.98 Å². The van der Waals surface area contributed by atoms with Crippen LogP contribution in [0.25, 0.3) is 10.9 Å². The molecule has 1 aromatic carbocycles. The van der Waals surface area contributed by atoms with Crippen molar-refractivity contribution in [3.05, 3.63) is 28.4 Å². The molecule has 0 aliphatic heterocycles. The lowest BCUT2D eigenvalue weighted by molar-refractivity contribution is -0.141. The Kier molecular flexibility index (Phi) is 3.69. The molecule has 0 fully saturated rings. The summed E-state index contributed by atoms with van der Waals surface area (Å²) in [4.78, 5) is 3.69. The van der Waals surface area contributed by atoms with Crippen molar-refractivity contribution in [1.82, 2.24) is 4.98 Å². The average Bonchev–Trinajstić information content (AvgIpc) is 2.37. The third-order valence-corrected chi connectivity index (χ3v) is 3.34. The van der Waals surface area contributed by atoms with E-state index in [1.165, 1.54) is 20.1 Å². The summed E-state index contributed by atoms with van der Waals surface area (Å²) < 4.78 is 44.3. The van der Waals surface area contributed by atoms with Crippen molar-refractivity contribution < 1.29 is 17.9 Å². The lowest BCUT2D eigenvalue weighted by atomic mass is 10.1. The van der Waals surface area contributed by atoms with E-state index in [0.717, 1.165) is 0 Å². The number of fused-ring (bicyclic) bond motifs is 1. The van der Waals surface area contributed by atoms with Crippen molar-refractivity contribution in [3.63, 3.8) is 0 Å². The second kappa shape index (κ2) is 5.01. The quantitative estimate of drug-likeness (QED) is 0.900. The van der Waals surface area contributed by atoms with Gasteiger partial charge in [-0.05, 0) is 19.1 Å². The van der Waals surface area contributed by atoms with Crippen molar-refractivity contribution in [1.29, 1.82) is 0 Å². The molecule has 0 atom stereocenters. The van der Waals surface area contributed by atoms with Gasteiger partial charge in [0.1, 0.15) is 11.4 Å². The van der Waals surface area contributed by atoms with E-state index in [2.05, 4.69) is 10.3 Å². The molecular formula is C13H12ClF3N2O. The van der Waals surface area contributed by atoms with E-state index in [1.54, 1.807) is 13.1 Å². The monoisotopic (exact) mass is 304 g/mol. The first-order chi connectivity index (χ1) is 9.31. The minimum atomic E-state index is -4.55. The summed E-state index contributed by atoms with van der Waals surface area (Å²) in [6.07, 6.45) is -4.55. The number of nitrogens with one attached hydrogen (secondary N) is 1. The van der Waals surface area contributed by atoms with Gasteiger partial charge >= 0.3 is 6.18 Å². The van der Waals surface area contributed by atoms with Crippen LogP contribution < -0.4 is 10.1 Å². The number of methoxy groups -OCH3 is 1. The predicted molar refractivity (Wildman–Crippen MR) is 72.6 cm³/mol. The van der Waals surface area contributed by atoms with Crippen LogP contribution in [0, 0.1) is 6.92 Å². The van der Waals surface area contributed by atoms with Crippen LogP contribution in [-0.2, 0) is 6.18 Å². The highest BCUT2D eigenvalue weighted by molar-refractivity contribution is 6.35. The molecule has 0 aliphatic rings. The Morgan fingerprint density at radius 3 is 2.45 bits per heavy atom. The molecule has 0 spiro atoms. The standard InChI is InChI=1S/C13H12ClF3N2O/c1-6-10(18-2)9-8(20-3)5-4-7(14)11(9)19-12(6)13(15,16)17/h4-5H,1-3H3,(H,18,19). The number of benzene rings is 1. The Morgan fingerprint density at radius 1 is 1.30 bits per heavy atom. The predicted octanol–water partition coefficient (Wildman–Crippen LogP) is 4.27. The van der Waals surface area contributed by atoms with Crippen LogP contribution >= 0.6 is 11.6 Å². The summed E-state index contributed by atoms with van der Waals surface area (Å²) in [5.41, 5.74) is -0.576. The fraction of sp³-hybridized carbons (Fsp3) is 0.308. The van der Waals surface area contributed by atoms with Gasteiger partial charge in [0.2, 0.25) is 0 Å². The molecule has 1 heterocycles. The van der Waals surface area contributed by atoms with Gasteiger partial charge < -0.3 is 10.1 Å².